The third-order valence-corrected chi connectivity index (χ3v) is 3.82. The molecule has 0 bridgehead atoms. The molecule has 1 fully saturated rings. The number of rotatable bonds is 6. The number of carbonyl (C=O) groups is 1. The normalized spacial score (nSPS) is 22.4. The second-order valence-electron chi connectivity index (χ2n) is 5.70. The van der Waals surface area contributed by atoms with E-state index in [9.17, 15) is 18.0 Å². The molecule has 1 aliphatic heterocycles. The third kappa shape index (κ3) is 5.62. The molecule has 0 aliphatic carbocycles. The molecule has 0 radical (unpaired) electrons. The van der Waals surface area contributed by atoms with Crippen LogP contribution in [0.15, 0.2) is 24.3 Å². The molecule has 3 atom stereocenters. The van der Waals surface area contributed by atoms with E-state index in [0.717, 1.165) is 5.56 Å². The van der Waals surface area contributed by atoms with Crippen molar-refractivity contribution in [2.24, 2.45) is 5.92 Å². The topological polar surface area (TPSA) is 62.4 Å². The minimum atomic E-state index is -4.37. The SMILES string of the molecule is CC(COCC(F)(F)F)NC(=O)C1CNNC1c1ccc(Cl)cc1. The first-order chi connectivity index (χ1) is 11.3. The summed E-state index contributed by atoms with van der Waals surface area (Å²) in [6.07, 6.45) is -4.37. The largest absolute Gasteiger partial charge is 0.411 e. The maximum Gasteiger partial charge on any atom is 0.411 e. The first-order valence-corrected chi connectivity index (χ1v) is 7.83. The van der Waals surface area contributed by atoms with Crippen molar-refractivity contribution in [2.75, 3.05) is 19.8 Å². The molecule has 24 heavy (non-hydrogen) atoms. The maximum atomic E-state index is 12.4. The van der Waals surface area contributed by atoms with Gasteiger partial charge in [-0.25, -0.2) is 5.43 Å². The van der Waals surface area contributed by atoms with Crippen LogP contribution in [0.3, 0.4) is 0 Å². The zero-order chi connectivity index (χ0) is 17.7. The van der Waals surface area contributed by atoms with Gasteiger partial charge >= 0.3 is 6.18 Å². The second kappa shape index (κ2) is 8.15. The number of halogens is 4. The third-order valence-electron chi connectivity index (χ3n) is 3.57. The van der Waals surface area contributed by atoms with Crippen LogP contribution in [0.4, 0.5) is 13.2 Å². The summed E-state index contributed by atoms with van der Waals surface area (Å²) in [4.78, 5) is 12.4. The van der Waals surface area contributed by atoms with E-state index in [1.165, 1.54) is 0 Å². The number of hydrazine groups is 1. The van der Waals surface area contributed by atoms with Crippen molar-refractivity contribution in [3.8, 4) is 0 Å². The van der Waals surface area contributed by atoms with E-state index >= 15 is 0 Å². The molecule has 1 aromatic rings. The number of benzene rings is 1. The highest BCUT2D eigenvalue weighted by Crippen LogP contribution is 2.26. The lowest BCUT2D eigenvalue weighted by Crippen LogP contribution is -2.42. The molecule has 0 aromatic heterocycles. The highest BCUT2D eigenvalue weighted by molar-refractivity contribution is 6.30. The van der Waals surface area contributed by atoms with Crippen molar-refractivity contribution in [1.82, 2.24) is 16.2 Å². The summed E-state index contributed by atoms with van der Waals surface area (Å²) < 4.78 is 40.7. The summed E-state index contributed by atoms with van der Waals surface area (Å²) in [6, 6.07) is 6.35. The monoisotopic (exact) mass is 365 g/mol. The summed E-state index contributed by atoms with van der Waals surface area (Å²) in [5.41, 5.74) is 6.85. The number of hydrogen-bond acceptors (Lipinski definition) is 4. The fraction of sp³-hybridized carbons (Fsp3) is 0.533. The van der Waals surface area contributed by atoms with Gasteiger partial charge in [-0.1, -0.05) is 23.7 Å². The Labute approximate surface area is 142 Å². The second-order valence-corrected chi connectivity index (χ2v) is 6.14. The number of alkyl halides is 3. The molecule has 3 N–H and O–H groups in total. The molecule has 2 rings (SSSR count). The highest BCUT2D eigenvalue weighted by Gasteiger charge is 2.34. The van der Waals surface area contributed by atoms with E-state index < -0.39 is 24.7 Å². The zero-order valence-electron chi connectivity index (χ0n) is 13.0. The Balaban J connectivity index is 1.87. The van der Waals surface area contributed by atoms with Crippen LogP contribution in [0.25, 0.3) is 0 Å². The quantitative estimate of drug-likeness (QED) is 0.723. The number of amides is 1. The maximum absolute atomic E-state index is 12.4. The minimum Gasteiger partial charge on any atom is -0.370 e. The van der Waals surface area contributed by atoms with Gasteiger partial charge in [0.2, 0.25) is 5.91 Å². The molecule has 1 aromatic carbocycles. The van der Waals surface area contributed by atoms with Crippen molar-refractivity contribution < 1.29 is 22.7 Å². The van der Waals surface area contributed by atoms with Crippen molar-refractivity contribution in [3.63, 3.8) is 0 Å². The van der Waals surface area contributed by atoms with Crippen molar-refractivity contribution >= 4 is 17.5 Å². The van der Waals surface area contributed by atoms with Gasteiger partial charge in [-0.3, -0.25) is 10.2 Å². The van der Waals surface area contributed by atoms with E-state index in [2.05, 4.69) is 20.9 Å². The minimum absolute atomic E-state index is 0.204. The molecule has 0 saturated carbocycles. The fourth-order valence-electron chi connectivity index (χ4n) is 2.47. The van der Waals surface area contributed by atoms with Crippen LogP contribution in [0, 0.1) is 5.92 Å². The van der Waals surface area contributed by atoms with Crippen LogP contribution in [0.1, 0.15) is 18.5 Å². The molecule has 0 spiro atoms. The molecular formula is C15H19ClF3N3O2. The van der Waals surface area contributed by atoms with Gasteiger partial charge in [-0.2, -0.15) is 13.2 Å². The van der Waals surface area contributed by atoms with Gasteiger partial charge in [0, 0.05) is 17.6 Å². The fourth-order valence-corrected chi connectivity index (χ4v) is 2.60. The molecular weight excluding hydrogens is 347 g/mol. The van der Waals surface area contributed by atoms with Gasteiger partial charge in [0.1, 0.15) is 6.61 Å². The van der Waals surface area contributed by atoms with Crippen molar-refractivity contribution in [2.45, 2.75) is 25.2 Å². The van der Waals surface area contributed by atoms with Crippen LogP contribution >= 0.6 is 11.6 Å². The van der Waals surface area contributed by atoms with E-state index in [4.69, 9.17) is 11.6 Å². The summed E-state index contributed by atoms with van der Waals surface area (Å²) in [6.45, 7) is 0.480. The Kier molecular flexibility index (Phi) is 6.45. The Morgan fingerprint density at radius 1 is 1.42 bits per heavy atom. The predicted octanol–water partition coefficient (Wildman–Crippen LogP) is 2.19. The van der Waals surface area contributed by atoms with E-state index in [1.54, 1.807) is 19.1 Å². The first-order valence-electron chi connectivity index (χ1n) is 7.45. The van der Waals surface area contributed by atoms with Crippen LogP contribution in [-0.4, -0.2) is 37.9 Å². The number of ether oxygens (including phenoxy) is 1. The van der Waals surface area contributed by atoms with E-state index in [0.29, 0.717) is 11.6 Å². The van der Waals surface area contributed by atoms with Crippen LogP contribution in [-0.2, 0) is 9.53 Å². The van der Waals surface area contributed by atoms with Crippen LogP contribution in [0.2, 0.25) is 5.02 Å². The number of nitrogens with one attached hydrogen (secondary N) is 3. The standard InChI is InChI=1S/C15H19ClF3N3O2/c1-9(7-24-8-15(17,18)19)21-14(23)12-6-20-22-13(12)10-2-4-11(16)5-3-10/h2-5,9,12-13,20,22H,6-8H2,1H3,(H,21,23). The molecule has 1 heterocycles. The van der Waals surface area contributed by atoms with Crippen molar-refractivity contribution in [1.29, 1.82) is 0 Å². The van der Waals surface area contributed by atoms with Gasteiger partial charge in [0.05, 0.1) is 18.6 Å². The Morgan fingerprint density at radius 2 is 2.08 bits per heavy atom. The lowest BCUT2D eigenvalue weighted by atomic mass is 9.94. The van der Waals surface area contributed by atoms with Crippen molar-refractivity contribution in [3.05, 3.63) is 34.9 Å². The van der Waals surface area contributed by atoms with Gasteiger partial charge in [-0.15, -0.1) is 0 Å². The average Bonchev–Trinajstić information content (AvgIpc) is 2.96. The summed E-state index contributed by atoms with van der Waals surface area (Å²) >= 11 is 5.86. The van der Waals surface area contributed by atoms with E-state index in [-0.39, 0.29) is 18.6 Å². The van der Waals surface area contributed by atoms with Gasteiger partial charge < -0.3 is 10.1 Å². The van der Waals surface area contributed by atoms with Crippen LogP contribution in [0.5, 0.6) is 0 Å². The smallest absolute Gasteiger partial charge is 0.370 e. The Morgan fingerprint density at radius 3 is 2.71 bits per heavy atom. The molecule has 3 unspecified atom stereocenters. The summed E-state index contributed by atoms with van der Waals surface area (Å²) in [7, 11) is 0. The zero-order valence-corrected chi connectivity index (χ0v) is 13.7. The van der Waals surface area contributed by atoms with Crippen LogP contribution < -0.4 is 16.2 Å². The summed E-state index contributed by atoms with van der Waals surface area (Å²) in [5, 5.41) is 3.28. The molecule has 1 aliphatic rings. The van der Waals surface area contributed by atoms with Gasteiger partial charge in [0.25, 0.3) is 0 Å². The molecule has 1 amide bonds. The number of carbonyl (C=O) groups excluding carboxylic acids is 1. The number of hydrogen-bond donors (Lipinski definition) is 3. The highest BCUT2D eigenvalue weighted by atomic mass is 35.5. The summed E-state index contributed by atoms with van der Waals surface area (Å²) in [5.74, 6) is -0.646. The predicted molar refractivity (Wildman–Crippen MR) is 83.3 cm³/mol. The average molecular weight is 366 g/mol. The lowest BCUT2D eigenvalue weighted by Gasteiger charge is -2.21. The Hall–Kier alpha value is -1.35. The Bertz CT molecular complexity index is 554. The molecule has 9 heteroatoms. The molecule has 134 valence electrons. The first kappa shape index (κ1) is 19.0. The molecule has 1 saturated heterocycles. The lowest BCUT2D eigenvalue weighted by molar-refractivity contribution is -0.175. The van der Waals surface area contributed by atoms with Gasteiger partial charge in [-0.05, 0) is 24.6 Å². The van der Waals surface area contributed by atoms with Gasteiger partial charge in [0.15, 0.2) is 0 Å². The van der Waals surface area contributed by atoms with E-state index in [1.807, 2.05) is 12.1 Å². The molecule has 5 nitrogen and oxygen atoms in total.